The first-order valence-corrected chi connectivity index (χ1v) is 7.47. The van der Waals surface area contributed by atoms with Crippen molar-refractivity contribution in [2.75, 3.05) is 0 Å². The zero-order chi connectivity index (χ0) is 15.4. The third-order valence-corrected chi connectivity index (χ3v) is 3.58. The Balaban J connectivity index is 2.06. The average Bonchev–Trinajstić information content (AvgIpc) is 2.53. The lowest BCUT2D eigenvalue weighted by Gasteiger charge is -2.07. The van der Waals surface area contributed by atoms with Crippen LogP contribution in [0.15, 0.2) is 72.8 Å². The minimum atomic E-state index is 1.04. The maximum Gasteiger partial charge on any atom is 0.0327 e. The molecule has 0 aliphatic carbocycles. The smallest absolute Gasteiger partial charge is 0.0327 e. The SMILES string of the molecule is Cc1cc(C)cc(-c2ccccc2C#Cc2ccccc2)c1. The summed E-state index contributed by atoms with van der Waals surface area (Å²) in [7, 11) is 0. The van der Waals surface area contributed by atoms with E-state index in [4.69, 9.17) is 0 Å². The van der Waals surface area contributed by atoms with Gasteiger partial charge in [0.1, 0.15) is 0 Å². The van der Waals surface area contributed by atoms with E-state index in [1.54, 1.807) is 0 Å². The quantitative estimate of drug-likeness (QED) is 0.526. The van der Waals surface area contributed by atoms with E-state index >= 15 is 0 Å². The molecule has 0 aromatic heterocycles. The standard InChI is InChI=1S/C22H18/c1-17-14-18(2)16-21(15-17)22-11-7-6-10-20(22)13-12-19-8-4-3-5-9-19/h3-11,14-16H,1-2H3. The van der Waals surface area contributed by atoms with Crippen molar-refractivity contribution in [2.24, 2.45) is 0 Å². The molecule has 0 radical (unpaired) electrons. The van der Waals surface area contributed by atoms with Crippen LogP contribution in [0, 0.1) is 25.7 Å². The maximum atomic E-state index is 3.32. The molecule has 0 aliphatic rings. The molecule has 0 amide bonds. The van der Waals surface area contributed by atoms with Gasteiger partial charge in [-0.15, -0.1) is 0 Å². The maximum absolute atomic E-state index is 3.32. The van der Waals surface area contributed by atoms with Crippen molar-refractivity contribution in [3.63, 3.8) is 0 Å². The van der Waals surface area contributed by atoms with Crippen molar-refractivity contribution in [1.29, 1.82) is 0 Å². The highest BCUT2D eigenvalue weighted by molar-refractivity contribution is 5.72. The average molecular weight is 282 g/mol. The van der Waals surface area contributed by atoms with Gasteiger partial charge < -0.3 is 0 Å². The Kier molecular flexibility index (Phi) is 4.08. The Morgan fingerprint density at radius 1 is 0.636 bits per heavy atom. The van der Waals surface area contributed by atoms with E-state index in [-0.39, 0.29) is 0 Å². The van der Waals surface area contributed by atoms with Crippen molar-refractivity contribution in [1.82, 2.24) is 0 Å². The molecule has 0 heterocycles. The van der Waals surface area contributed by atoms with Crippen LogP contribution in [0.4, 0.5) is 0 Å². The molecule has 0 fully saturated rings. The predicted octanol–water partition coefficient (Wildman–Crippen LogP) is 5.37. The highest BCUT2D eigenvalue weighted by atomic mass is 14.1. The van der Waals surface area contributed by atoms with Crippen LogP contribution < -0.4 is 0 Å². The van der Waals surface area contributed by atoms with Crippen LogP contribution in [0.25, 0.3) is 11.1 Å². The minimum absolute atomic E-state index is 1.04. The fraction of sp³-hybridized carbons (Fsp3) is 0.0909. The molecule has 0 nitrogen and oxygen atoms in total. The third kappa shape index (κ3) is 3.27. The van der Waals surface area contributed by atoms with Gasteiger partial charge in [0.05, 0.1) is 0 Å². The molecule has 0 spiro atoms. The summed E-state index contributed by atoms with van der Waals surface area (Å²) >= 11 is 0. The van der Waals surface area contributed by atoms with Crippen LogP contribution in [0.1, 0.15) is 22.3 Å². The van der Waals surface area contributed by atoms with Crippen LogP contribution in [0.3, 0.4) is 0 Å². The van der Waals surface area contributed by atoms with Gasteiger partial charge in [0.15, 0.2) is 0 Å². The van der Waals surface area contributed by atoms with E-state index in [0.29, 0.717) is 0 Å². The largest absolute Gasteiger partial charge is 0.0622 e. The number of aryl methyl sites for hydroxylation is 2. The number of benzene rings is 3. The Morgan fingerprint density at radius 2 is 1.27 bits per heavy atom. The molecule has 0 saturated heterocycles. The fourth-order valence-corrected chi connectivity index (χ4v) is 2.64. The van der Waals surface area contributed by atoms with Crippen molar-refractivity contribution >= 4 is 0 Å². The summed E-state index contributed by atoms with van der Waals surface area (Å²) in [6.07, 6.45) is 0. The highest BCUT2D eigenvalue weighted by Crippen LogP contribution is 2.25. The Labute approximate surface area is 132 Å². The lowest BCUT2D eigenvalue weighted by Crippen LogP contribution is -1.87. The number of rotatable bonds is 1. The van der Waals surface area contributed by atoms with E-state index in [1.807, 2.05) is 36.4 Å². The summed E-state index contributed by atoms with van der Waals surface area (Å²) in [4.78, 5) is 0. The first-order chi connectivity index (χ1) is 10.7. The van der Waals surface area contributed by atoms with Crippen LogP contribution in [-0.2, 0) is 0 Å². The van der Waals surface area contributed by atoms with E-state index in [1.165, 1.54) is 22.3 Å². The Hall–Kier alpha value is -2.78. The first kappa shape index (κ1) is 14.2. The predicted molar refractivity (Wildman–Crippen MR) is 93.8 cm³/mol. The fourth-order valence-electron chi connectivity index (χ4n) is 2.64. The van der Waals surface area contributed by atoms with Gasteiger partial charge in [-0.25, -0.2) is 0 Å². The third-order valence-electron chi connectivity index (χ3n) is 3.58. The van der Waals surface area contributed by atoms with E-state index in [2.05, 4.69) is 62.1 Å². The van der Waals surface area contributed by atoms with Gasteiger partial charge in [0.2, 0.25) is 0 Å². The molecule has 0 heteroatoms. The van der Waals surface area contributed by atoms with Crippen LogP contribution in [0.5, 0.6) is 0 Å². The Morgan fingerprint density at radius 3 is 2.00 bits per heavy atom. The molecular formula is C22H18. The van der Waals surface area contributed by atoms with Crippen LogP contribution in [0.2, 0.25) is 0 Å². The van der Waals surface area contributed by atoms with E-state index in [0.717, 1.165) is 11.1 Å². The second-order valence-electron chi connectivity index (χ2n) is 5.54. The van der Waals surface area contributed by atoms with Gasteiger partial charge in [-0.05, 0) is 43.2 Å². The molecule has 106 valence electrons. The van der Waals surface area contributed by atoms with Gasteiger partial charge in [0.25, 0.3) is 0 Å². The minimum Gasteiger partial charge on any atom is -0.0622 e. The molecule has 0 saturated carbocycles. The van der Waals surface area contributed by atoms with E-state index in [9.17, 15) is 0 Å². The van der Waals surface area contributed by atoms with Crippen molar-refractivity contribution in [3.8, 4) is 23.0 Å². The molecule has 3 rings (SSSR count). The van der Waals surface area contributed by atoms with Gasteiger partial charge in [-0.1, -0.05) is 77.6 Å². The van der Waals surface area contributed by atoms with Crippen molar-refractivity contribution < 1.29 is 0 Å². The lowest BCUT2D eigenvalue weighted by molar-refractivity contribution is 1.38. The Bertz CT molecular complexity index is 826. The summed E-state index contributed by atoms with van der Waals surface area (Å²) < 4.78 is 0. The van der Waals surface area contributed by atoms with Crippen LogP contribution >= 0.6 is 0 Å². The molecule has 0 unspecified atom stereocenters. The first-order valence-electron chi connectivity index (χ1n) is 7.47. The lowest BCUT2D eigenvalue weighted by atomic mass is 9.96. The zero-order valence-corrected chi connectivity index (χ0v) is 12.9. The topological polar surface area (TPSA) is 0 Å². The summed E-state index contributed by atoms with van der Waals surface area (Å²) in [6.45, 7) is 4.27. The van der Waals surface area contributed by atoms with Gasteiger partial charge in [-0.2, -0.15) is 0 Å². The second-order valence-corrected chi connectivity index (χ2v) is 5.54. The highest BCUT2D eigenvalue weighted by Gasteiger charge is 2.04. The molecule has 3 aromatic rings. The van der Waals surface area contributed by atoms with Gasteiger partial charge in [-0.3, -0.25) is 0 Å². The number of hydrogen-bond donors (Lipinski definition) is 0. The molecule has 0 atom stereocenters. The zero-order valence-electron chi connectivity index (χ0n) is 12.9. The summed E-state index contributed by atoms with van der Waals surface area (Å²) in [5.74, 6) is 6.57. The molecule has 0 bridgehead atoms. The van der Waals surface area contributed by atoms with Crippen molar-refractivity contribution in [2.45, 2.75) is 13.8 Å². The van der Waals surface area contributed by atoms with Gasteiger partial charge in [0, 0.05) is 11.1 Å². The second kappa shape index (κ2) is 6.33. The summed E-state index contributed by atoms with van der Waals surface area (Å²) in [6, 6.07) is 25.1. The molecule has 3 aromatic carbocycles. The van der Waals surface area contributed by atoms with Gasteiger partial charge >= 0.3 is 0 Å². The van der Waals surface area contributed by atoms with E-state index < -0.39 is 0 Å². The monoisotopic (exact) mass is 282 g/mol. The summed E-state index contributed by atoms with van der Waals surface area (Å²) in [5.41, 5.74) is 7.09. The molecule has 0 aliphatic heterocycles. The number of hydrogen-bond acceptors (Lipinski definition) is 0. The molecule has 22 heavy (non-hydrogen) atoms. The van der Waals surface area contributed by atoms with Crippen LogP contribution in [-0.4, -0.2) is 0 Å². The normalized spacial score (nSPS) is 9.91. The molecule has 0 N–H and O–H groups in total. The van der Waals surface area contributed by atoms with Crippen molar-refractivity contribution in [3.05, 3.63) is 95.1 Å². The summed E-state index contributed by atoms with van der Waals surface area (Å²) in [5, 5.41) is 0. The molecular weight excluding hydrogens is 264 g/mol.